The highest BCUT2D eigenvalue weighted by Gasteiger charge is 2.54. The first-order chi connectivity index (χ1) is 13.8. The van der Waals surface area contributed by atoms with Gasteiger partial charge in [0.05, 0.1) is 24.3 Å². The summed E-state index contributed by atoms with van der Waals surface area (Å²) in [4.78, 5) is 4.42. The molecule has 4 aliphatic rings. The highest BCUT2D eigenvalue weighted by atomic mass is 15.1. The van der Waals surface area contributed by atoms with Crippen molar-refractivity contribution in [1.29, 1.82) is 0 Å². The smallest absolute Gasteiger partial charge is 0.126 e. The largest absolute Gasteiger partial charge is 0.383 e. The SMILES string of the molecule is NC1=NCc2ccc([C@@H]3Nc4ccc5cn[nH]c5c4[C@H]4[C@@H]5CCC(C5)[C@H]43)cc21. The zero-order valence-corrected chi connectivity index (χ0v) is 15.7. The molecule has 2 bridgehead atoms. The first kappa shape index (κ1) is 15.1. The van der Waals surface area contributed by atoms with Crippen LogP contribution < -0.4 is 11.1 Å². The summed E-state index contributed by atoms with van der Waals surface area (Å²) in [7, 11) is 0. The second-order valence-electron chi connectivity index (χ2n) is 9.04. The lowest BCUT2D eigenvalue weighted by Gasteiger charge is -2.43. The van der Waals surface area contributed by atoms with Crippen LogP contribution in [0, 0.1) is 17.8 Å². The molecule has 1 unspecified atom stereocenters. The van der Waals surface area contributed by atoms with Crippen LogP contribution in [0.1, 0.15) is 53.5 Å². The molecule has 2 fully saturated rings. The zero-order valence-electron chi connectivity index (χ0n) is 15.7. The van der Waals surface area contributed by atoms with Gasteiger partial charge in [0.25, 0.3) is 0 Å². The fraction of sp³-hybridized carbons (Fsp3) is 0.391. The molecule has 5 atom stereocenters. The number of nitrogens with two attached hydrogens (primary N) is 1. The maximum atomic E-state index is 6.16. The summed E-state index contributed by atoms with van der Waals surface area (Å²) in [5.74, 6) is 3.55. The Bertz CT molecular complexity index is 1160. The van der Waals surface area contributed by atoms with Crippen LogP contribution >= 0.6 is 0 Å². The Morgan fingerprint density at radius 3 is 2.96 bits per heavy atom. The monoisotopic (exact) mass is 369 g/mol. The average Bonchev–Trinajstić information content (AvgIpc) is 3.51. The molecule has 28 heavy (non-hydrogen) atoms. The number of anilines is 1. The fourth-order valence-electron chi connectivity index (χ4n) is 6.74. The van der Waals surface area contributed by atoms with E-state index in [1.54, 1.807) is 0 Å². The van der Waals surface area contributed by atoms with E-state index < -0.39 is 0 Å². The number of H-pyrrole nitrogens is 1. The second-order valence-corrected chi connectivity index (χ2v) is 9.04. The number of fused-ring (bicyclic) bond motifs is 10. The first-order valence-electron chi connectivity index (χ1n) is 10.4. The van der Waals surface area contributed by atoms with Gasteiger partial charge in [0, 0.05) is 22.2 Å². The van der Waals surface area contributed by atoms with Crippen molar-refractivity contribution in [3.05, 3.63) is 58.8 Å². The highest BCUT2D eigenvalue weighted by molar-refractivity contribution is 6.01. The minimum absolute atomic E-state index is 0.340. The van der Waals surface area contributed by atoms with Crippen LogP contribution in [0.3, 0.4) is 0 Å². The van der Waals surface area contributed by atoms with Crippen molar-refractivity contribution in [3.63, 3.8) is 0 Å². The number of nitrogens with zero attached hydrogens (tertiary/aromatic N) is 2. The van der Waals surface area contributed by atoms with E-state index in [9.17, 15) is 0 Å². The van der Waals surface area contributed by atoms with Crippen molar-refractivity contribution in [1.82, 2.24) is 10.2 Å². The zero-order chi connectivity index (χ0) is 18.4. The number of nitrogens with one attached hydrogen (secondary N) is 2. The van der Waals surface area contributed by atoms with Gasteiger partial charge < -0.3 is 11.1 Å². The standard InChI is InChI=1S/C23H23N5/c24-23-16-8-13(3-4-14(16)9-25-23)21-19-12-2-1-11(7-12)18(19)20-17(27-21)6-5-15-10-26-28-22(15)20/h3-6,8,10-12,18-19,21,27H,1-2,7,9H2,(H2,24,25)(H,26,28)/t11-,12?,18+,19-,21+/m1/s1. The summed E-state index contributed by atoms with van der Waals surface area (Å²) in [6.07, 6.45) is 6.05. The molecule has 2 aliphatic heterocycles. The lowest BCUT2D eigenvalue weighted by molar-refractivity contribution is 0.248. The number of amidine groups is 1. The molecule has 3 heterocycles. The van der Waals surface area contributed by atoms with Gasteiger partial charge in [0.15, 0.2) is 0 Å². The van der Waals surface area contributed by atoms with Crippen molar-refractivity contribution in [3.8, 4) is 0 Å². The van der Waals surface area contributed by atoms with Crippen molar-refractivity contribution in [2.45, 2.75) is 37.8 Å². The molecule has 0 amide bonds. The van der Waals surface area contributed by atoms with Gasteiger partial charge in [0.1, 0.15) is 5.84 Å². The molecule has 140 valence electrons. The van der Waals surface area contributed by atoms with Crippen molar-refractivity contribution in [2.75, 3.05) is 5.32 Å². The van der Waals surface area contributed by atoms with Crippen LogP contribution in [-0.2, 0) is 6.54 Å². The van der Waals surface area contributed by atoms with E-state index in [4.69, 9.17) is 5.73 Å². The van der Waals surface area contributed by atoms with E-state index in [1.807, 2.05) is 6.20 Å². The molecular formula is C23H23N5. The number of aliphatic imine (C=N–C) groups is 1. The Morgan fingerprint density at radius 2 is 2.00 bits per heavy atom. The van der Waals surface area contributed by atoms with Gasteiger partial charge in [0.2, 0.25) is 0 Å². The van der Waals surface area contributed by atoms with E-state index in [-0.39, 0.29) is 0 Å². The Labute approximate surface area is 163 Å². The molecule has 5 nitrogen and oxygen atoms in total. The molecule has 1 aromatic heterocycles. The normalized spacial score (nSPS) is 32.0. The van der Waals surface area contributed by atoms with Crippen LogP contribution in [-0.4, -0.2) is 16.0 Å². The van der Waals surface area contributed by atoms with Gasteiger partial charge in [-0.2, -0.15) is 5.10 Å². The van der Waals surface area contributed by atoms with Gasteiger partial charge >= 0.3 is 0 Å². The lowest BCUT2D eigenvalue weighted by Crippen LogP contribution is -2.35. The third-order valence-electron chi connectivity index (χ3n) is 7.86. The topological polar surface area (TPSA) is 79.1 Å². The predicted octanol–water partition coefficient (Wildman–Crippen LogP) is 4.08. The summed E-state index contributed by atoms with van der Waals surface area (Å²) in [5, 5.41) is 12.8. The number of benzene rings is 2. The van der Waals surface area contributed by atoms with Gasteiger partial charge in [-0.05, 0) is 72.3 Å². The molecule has 3 aromatic rings. The number of hydrogen-bond acceptors (Lipinski definition) is 4. The fourth-order valence-corrected chi connectivity index (χ4v) is 6.74. The molecule has 4 N–H and O–H groups in total. The Hall–Kier alpha value is -2.82. The summed E-state index contributed by atoms with van der Waals surface area (Å²) < 4.78 is 0. The van der Waals surface area contributed by atoms with Gasteiger partial charge in [-0.15, -0.1) is 0 Å². The Kier molecular flexibility index (Phi) is 2.79. The van der Waals surface area contributed by atoms with Gasteiger partial charge in [-0.3, -0.25) is 10.1 Å². The number of hydrogen-bond donors (Lipinski definition) is 3. The van der Waals surface area contributed by atoms with Crippen LogP contribution in [0.15, 0.2) is 41.5 Å². The molecular weight excluding hydrogens is 346 g/mol. The summed E-state index contributed by atoms with van der Waals surface area (Å²) in [6, 6.07) is 11.6. The predicted molar refractivity (Wildman–Crippen MR) is 110 cm³/mol. The lowest BCUT2D eigenvalue weighted by atomic mass is 9.67. The molecule has 0 spiro atoms. The number of rotatable bonds is 1. The summed E-state index contributed by atoms with van der Waals surface area (Å²) in [6.45, 7) is 0.719. The molecule has 0 radical (unpaired) electrons. The van der Waals surface area contributed by atoms with Crippen molar-refractivity contribution >= 4 is 22.4 Å². The van der Waals surface area contributed by atoms with E-state index in [1.165, 1.54) is 52.5 Å². The maximum Gasteiger partial charge on any atom is 0.126 e. The van der Waals surface area contributed by atoms with Gasteiger partial charge in [-0.25, -0.2) is 0 Å². The number of aromatic amines is 1. The van der Waals surface area contributed by atoms with Crippen LogP contribution in [0.2, 0.25) is 0 Å². The molecule has 0 saturated heterocycles. The van der Waals surface area contributed by atoms with E-state index in [0.717, 1.165) is 23.9 Å². The summed E-state index contributed by atoms with van der Waals surface area (Å²) in [5.41, 5.74) is 13.9. The van der Waals surface area contributed by atoms with Crippen LogP contribution in [0.5, 0.6) is 0 Å². The average molecular weight is 369 g/mol. The van der Waals surface area contributed by atoms with E-state index in [2.05, 4.69) is 50.8 Å². The molecule has 2 aromatic carbocycles. The van der Waals surface area contributed by atoms with E-state index >= 15 is 0 Å². The highest BCUT2D eigenvalue weighted by Crippen LogP contribution is 2.64. The van der Waals surface area contributed by atoms with Crippen LogP contribution in [0.4, 0.5) is 5.69 Å². The molecule has 2 saturated carbocycles. The first-order valence-corrected chi connectivity index (χ1v) is 10.4. The van der Waals surface area contributed by atoms with Crippen LogP contribution in [0.25, 0.3) is 10.9 Å². The Morgan fingerprint density at radius 1 is 1.07 bits per heavy atom. The number of aromatic nitrogens is 2. The van der Waals surface area contributed by atoms with E-state index in [0.29, 0.717) is 23.7 Å². The quantitative estimate of drug-likeness (QED) is 0.605. The van der Waals surface area contributed by atoms with Crippen molar-refractivity contribution < 1.29 is 0 Å². The van der Waals surface area contributed by atoms with Gasteiger partial charge in [-0.1, -0.05) is 12.1 Å². The Balaban J connectivity index is 1.41. The van der Waals surface area contributed by atoms with Crippen molar-refractivity contribution in [2.24, 2.45) is 28.5 Å². The third-order valence-corrected chi connectivity index (χ3v) is 7.86. The third kappa shape index (κ3) is 1.82. The minimum atomic E-state index is 0.340. The molecule has 5 heteroatoms. The second kappa shape index (κ2) is 5.16. The minimum Gasteiger partial charge on any atom is -0.383 e. The maximum absolute atomic E-state index is 6.16. The molecule has 2 aliphatic carbocycles. The summed E-state index contributed by atoms with van der Waals surface area (Å²) >= 11 is 0. The molecule has 7 rings (SSSR count).